The summed E-state index contributed by atoms with van der Waals surface area (Å²) in [4.78, 5) is 24.3. The normalized spacial score (nSPS) is 15.5. The van der Waals surface area contributed by atoms with E-state index in [9.17, 15) is 9.59 Å². The number of carbonyl (C=O) groups excluding carboxylic acids is 2. The highest BCUT2D eigenvalue weighted by Gasteiger charge is 2.23. The lowest BCUT2D eigenvalue weighted by atomic mass is 10.1. The van der Waals surface area contributed by atoms with Crippen LogP contribution in [-0.2, 0) is 17.8 Å². The maximum Gasteiger partial charge on any atom is 0.291 e. The summed E-state index contributed by atoms with van der Waals surface area (Å²) in [6.45, 7) is 0.0925. The van der Waals surface area contributed by atoms with Crippen molar-refractivity contribution < 1.29 is 14.0 Å². The topological polar surface area (TPSA) is 89.2 Å². The lowest BCUT2D eigenvalue weighted by Crippen LogP contribution is -2.30. The van der Waals surface area contributed by atoms with Crippen molar-refractivity contribution in [2.45, 2.75) is 25.4 Å². The summed E-state index contributed by atoms with van der Waals surface area (Å²) in [5.74, 6) is -0.254. The quantitative estimate of drug-likeness (QED) is 0.740. The summed E-state index contributed by atoms with van der Waals surface area (Å²) in [7, 11) is 0. The van der Waals surface area contributed by atoms with Crippen molar-refractivity contribution >= 4 is 17.5 Å². The number of hydrogen-bond acceptors (Lipinski definition) is 4. The second-order valence-corrected chi connectivity index (χ2v) is 6.22. The number of carbonyl (C=O) groups is 2. The van der Waals surface area contributed by atoms with Crippen molar-refractivity contribution in [1.82, 2.24) is 15.1 Å². The number of benzene rings is 1. The Morgan fingerprint density at radius 3 is 2.96 bits per heavy atom. The molecule has 7 heteroatoms. The minimum absolute atomic E-state index is 0.0485. The Hall–Kier alpha value is -3.35. The highest BCUT2D eigenvalue weighted by molar-refractivity contribution is 6.02. The number of hydrogen-bond donors (Lipinski definition) is 2. The molecule has 132 valence electrons. The maximum absolute atomic E-state index is 12.3. The molecule has 0 bridgehead atoms. The molecule has 1 atom stereocenters. The number of aryl methyl sites for hydroxylation is 1. The lowest BCUT2D eigenvalue weighted by molar-refractivity contribution is -0.122. The van der Waals surface area contributed by atoms with Gasteiger partial charge in [-0.1, -0.05) is 24.3 Å². The third kappa shape index (κ3) is 3.37. The van der Waals surface area contributed by atoms with Crippen LogP contribution in [0.1, 0.15) is 34.1 Å². The number of rotatable bonds is 5. The molecule has 1 unspecified atom stereocenters. The minimum Gasteiger partial charge on any atom is -0.459 e. The summed E-state index contributed by atoms with van der Waals surface area (Å²) in [6, 6.07) is 11.4. The van der Waals surface area contributed by atoms with Gasteiger partial charge in [0.15, 0.2) is 5.76 Å². The van der Waals surface area contributed by atoms with E-state index >= 15 is 0 Å². The number of nitrogens with one attached hydrogen (secondary N) is 2. The Morgan fingerprint density at radius 2 is 2.12 bits per heavy atom. The Kier molecular flexibility index (Phi) is 4.27. The molecular weight excluding hydrogens is 332 g/mol. The first-order chi connectivity index (χ1) is 12.7. The minimum atomic E-state index is -0.360. The van der Waals surface area contributed by atoms with Crippen molar-refractivity contribution in [3.05, 3.63) is 71.9 Å². The van der Waals surface area contributed by atoms with Gasteiger partial charge in [-0.25, -0.2) is 0 Å². The maximum atomic E-state index is 12.3. The lowest BCUT2D eigenvalue weighted by Gasteiger charge is -2.14. The molecule has 7 nitrogen and oxygen atoms in total. The smallest absolute Gasteiger partial charge is 0.291 e. The monoisotopic (exact) mass is 350 g/mol. The fourth-order valence-electron chi connectivity index (χ4n) is 3.21. The molecule has 0 aliphatic heterocycles. The van der Waals surface area contributed by atoms with E-state index in [0.717, 1.165) is 12.8 Å². The summed E-state index contributed by atoms with van der Waals surface area (Å²) in [5, 5.41) is 9.85. The van der Waals surface area contributed by atoms with Gasteiger partial charge in [-0.3, -0.25) is 14.3 Å². The van der Waals surface area contributed by atoms with Crippen LogP contribution < -0.4 is 10.6 Å². The van der Waals surface area contributed by atoms with Gasteiger partial charge in [0.25, 0.3) is 5.91 Å². The van der Waals surface area contributed by atoms with Crippen molar-refractivity contribution in [2.75, 3.05) is 5.32 Å². The molecule has 2 heterocycles. The number of furan rings is 1. The van der Waals surface area contributed by atoms with E-state index in [2.05, 4.69) is 27.9 Å². The molecule has 1 aliphatic carbocycles. The first-order valence-electron chi connectivity index (χ1n) is 8.43. The van der Waals surface area contributed by atoms with Crippen LogP contribution in [0.5, 0.6) is 0 Å². The molecule has 1 aliphatic rings. The van der Waals surface area contributed by atoms with Gasteiger partial charge in [0.2, 0.25) is 5.91 Å². The van der Waals surface area contributed by atoms with Crippen molar-refractivity contribution in [2.24, 2.45) is 0 Å². The Morgan fingerprint density at radius 1 is 1.23 bits per heavy atom. The third-order valence-electron chi connectivity index (χ3n) is 4.41. The highest BCUT2D eigenvalue weighted by Crippen LogP contribution is 2.30. The summed E-state index contributed by atoms with van der Waals surface area (Å²) >= 11 is 0. The van der Waals surface area contributed by atoms with Crippen LogP contribution in [0.15, 0.2) is 59.5 Å². The largest absolute Gasteiger partial charge is 0.459 e. The zero-order chi connectivity index (χ0) is 17.9. The molecule has 0 saturated heterocycles. The van der Waals surface area contributed by atoms with Crippen LogP contribution >= 0.6 is 0 Å². The molecule has 0 saturated carbocycles. The van der Waals surface area contributed by atoms with Gasteiger partial charge in [-0.2, -0.15) is 5.10 Å². The molecule has 2 amide bonds. The average Bonchev–Trinajstić information content (AvgIpc) is 3.37. The number of anilines is 1. The second kappa shape index (κ2) is 6.87. The zero-order valence-electron chi connectivity index (χ0n) is 14.0. The van der Waals surface area contributed by atoms with E-state index in [-0.39, 0.29) is 30.2 Å². The SMILES string of the molecule is O=C(Cn1cc(NC(=O)c2ccco2)cn1)NC1CCc2ccccc21. The fourth-order valence-corrected chi connectivity index (χ4v) is 3.21. The highest BCUT2D eigenvalue weighted by atomic mass is 16.3. The van der Waals surface area contributed by atoms with E-state index in [1.807, 2.05) is 12.1 Å². The van der Waals surface area contributed by atoms with Crippen LogP contribution in [-0.4, -0.2) is 21.6 Å². The number of aromatic nitrogens is 2. The Labute approximate surface area is 150 Å². The van der Waals surface area contributed by atoms with Gasteiger partial charge in [-0.05, 0) is 36.1 Å². The first kappa shape index (κ1) is 16.1. The third-order valence-corrected chi connectivity index (χ3v) is 4.41. The van der Waals surface area contributed by atoms with Gasteiger partial charge in [0.1, 0.15) is 6.54 Å². The summed E-state index contributed by atoms with van der Waals surface area (Å²) in [5.41, 5.74) is 2.98. The first-order valence-corrected chi connectivity index (χ1v) is 8.43. The van der Waals surface area contributed by atoms with E-state index in [1.54, 1.807) is 18.3 Å². The van der Waals surface area contributed by atoms with Gasteiger partial charge >= 0.3 is 0 Å². The molecule has 0 radical (unpaired) electrons. The van der Waals surface area contributed by atoms with Crippen molar-refractivity contribution in [1.29, 1.82) is 0 Å². The Balaban J connectivity index is 1.34. The molecule has 4 rings (SSSR count). The molecule has 1 aromatic carbocycles. The molecule has 2 N–H and O–H groups in total. The predicted molar refractivity (Wildman–Crippen MR) is 94.5 cm³/mol. The van der Waals surface area contributed by atoms with Crippen LogP contribution in [0.4, 0.5) is 5.69 Å². The van der Waals surface area contributed by atoms with E-state index < -0.39 is 0 Å². The van der Waals surface area contributed by atoms with Crippen LogP contribution in [0.2, 0.25) is 0 Å². The van der Waals surface area contributed by atoms with Crippen LogP contribution in [0, 0.1) is 0 Å². The molecule has 0 fully saturated rings. The standard InChI is InChI=1S/C19H18N4O3/c24-18(22-16-8-7-13-4-1-2-5-15(13)16)12-23-11-14(10-20-23)21-19(25)17-6-3-9-26-17/h1-6,9-11,16H,7-8,12H2,(H,21,25)(H,22,24). The number of nitrogens with zero attached hydrogens (tertiary/aromatic N) is 2. The summed E-state index contributed by atoms with van der Waals surface area (Å²) in [6.07, 6.45) is 6.44. The predicted octanol–water partition coefficient (Wildman–Crippen LogP) is 2.53. The van der Waals surface area contributed by atoms with E-state index in [1.165, 1.54) is 28.3 Å². The molecule has 2 aromatic heterocycles. The van der Waals surface area contributed by atoms with Crippen molar-refractivity contribution in [3.8, 4) is 0 Å². The van der Waals surface area contributed by atoms with Crippen LogP contribution in [0.3, 0.4) is 0 Å². The number of fused-ring (bicyclic) bond motifs is 1. The molecule has 0 spiro atoms. The summed E-state index contributed by atoms with van der Waals surface area (Å²) < 4.78 is 6.53. The molecular formula is C19H18N4O3. The average molecular weight is 350 g/mol. The van der Waals surface area contributed by atoms with Gasteiger partial charge in [0.05, 0.1) is 24.2 Å². The van der Waals surface area contributed by atoms with E-state index in [0.29, 0.717) is 5.69 Å². The van der Waals surface area contributed by atoms with Gasteiger partial charge in [-0.15, -0.1) is 0 Å². The van der Waals surface area contributed by atoms with Crippen molar-refractivity contribution in [3.63, 3.8) is 0 Å². The molecule has 3 aromatic rings. The Bertz CT molecular complexity index is 930. The number of amides is 2. The van der Waals surface area contributed by atoms with Gasteiger partial charge in [0, 0.05) is 6.20 Å². The second-order valence-electron chi connectivity index (χ2n) is 6.22. The van der Waals surface area contributed by atoms with E-state index in [4.69, 9.17) is 4.42 Å². The zero-order valence-corrected chi connectivity index (χ0v) is 14.0. The van der Waals surface area contributed by atoms with Gasteiger partial charge < -0.3 is 15.1 Å². The van der Waals surface area contributed by atoms with Crippen LogP contribution in [0.25, 0.3) is 0 Å². The molecule has 26 heavy (non-hydrogen) atoms. The fraction of sp³-hybridized carbons (Fsp3) is 0.211.